The summed E-state index contributed by atoms with van der Waals surface area (Å²) in [7, 11) is 0. The molecule has 0 aliphatic heterocycles. The van der Waals surface area contributed by atoms with Gasteiger partial charge in [-0.3, -0.25) is 4.79 Å². The monoisotopic (exact) mass is 265 g/mol. The van der Waals surface area contributed by atoms with Crippen LogP contribution in [-0.2, 0) is 0 Å². The van der Waals surface area contributed by atoms with Gasteiger partial charge in [-0.25, -0.2) is 0 Å². The highest BCUT2D eigenvalue weighted by molar-refractivity contribution is 7.10. The van der Waals surface area contributed by atoms with Crippen LogP contribution in [0, 0.1) is 0 Å². The van der Waals surface area contributed by atoms with Crippen LogP contribution in [-0.4, -0.2) is 5.91 Å². The van der Waals surface area contributed by atoms with E-state index in [1.165, 1.54) is 0 Å². The van der Waals surface area contributed by atoms with E-state index in [0.29, 0.717) is 10.6 Å². The first-order valence-corrected chi connectivity index (χ1v) is 6.52. The van der Waals surface area contributed by atoms with Gasteiger partial charge in [0.2, 0.25) is 0 Å². The van der Waals surface area contributed by atoms with Crippen molar-refractivity contribution < 1.29 is 4.79 Å². The number of amides is 1. The molecule has 1 amide bonds. The maximum Gasteiger partial charge on any atom is 0.251 e. The molecule has 0 saturated carbocycles. The number of hydrogen-bond acceptors (Lipinski definition) is 2. The van der Waals surface area contributed by atoms with E-state index in [-0.39, 0.29) is 11.9 Å². The third-order valence-corrected chi connectivity index (χ3v) is 3.73. The van der Waals surface area contributed by atoms with Crippen LogP contribution < -0.4 is 5.32 Å². The Balaban J connectivity index is 2.04. The third kappa shape index (κ3) is 3.08. The van der Waals surface area contributed by atoms with Crippen LogP contribution in [0.25, 0.3) is 0 Å². The summed E-state index contributed by atoms with van der Waals surface area (Å²) in [5, 5.41) is 5.58. The molecule has 1 heterocycles. The largest absolute Gasteiger partial charge is 0.345 e. The molecule has 4 heteroatoms. The molecule has 0 aliphatic carbocycles. The molecule has 1 atom stereocenters. The molecule has 2 nitrogen and oxygen atoms in total. The molecule has 88 valence electrons. The maximum absolute atomic E-state index is 11.9. The fourth-order valence-electron chi connectivity index (χ4n) is 1.49. The molecule has 0 unspecified atom stereocenters. The van der Waals surface area contributed by atoms with Gasteiger partial charge in [-0.2, -0.15) is 0 Å². The summed E-state index contributed by atoms with van der Waals surface area (Å²) in [6.45, 7) is 1.97. The average molecular weight is 266 g/mol. The Morgan fingerprint density at radius 1 is 1.29 bits per heavy atom. The van der Waals surface area contributed by atoms with Crippen LogP contribution in [0.5, 0.6) is 0 Å². The van der Waals surface area contributed by atoms with Gasteiger partial charge in [0.05, 0.1) is 6.04 Å². The van der Waals surface area contributed by atoms with Crippen molar-refractivity contribution in [3.63, 3.8) is 0 Å². The summed E-state index contributed by atoms with van der Waals surface area (Å²) < 4.78 is 0. The molecule has 2 rings (SSSR count). The van der Waals surface area contributed by atoms with Crippen molar-refractivity contribution in [2.75, 3.05) is 0 Å². The highest BCUT2D eigenvalue weighted by Crippen LogP contribution is 2.18. The molecule has 0 bridgehead atoms. The number of rotatable bonds is 3. The lowest BCUT2D eigenvalue weighted by atomic mass is 10.2. The van der Waals surface area contributed by atoms with Gasteiger partial charge >= 0.3 is 0 Å². The molecule has 0 saturated heterocycles. The molecule has 0 spiro atoms. The van der Waals surface area contributed by atoms with Crippen LogP contribution in [0.3, 0.4) is 0 Å². The Morgan fingerprint density at radius 2 is 2.00 bits per heavy atom. The van der Waals surface area contributed by atoms with Gasteiger partial charge < -0.3 is 5.32 Å². The van der Waals surface area contributed by atoms with Gasteiger partial charge in [0.1, 0.15) is 0 Å². The van der Waals surface area contributed by atoms with Crippen molar-refractivity contribution in [3.05, 3.63) is 57.2 Å². The number of nitrogens with one attached hydrogen (secondary N) is 1. The van der Waals surface area contributed by atoms with Crippen LogP contribution in [0.1, 0.15) is 28.2 Å². The van der Waals surface area contributed by atoms with E-state index >= 15 is 0 Å². The second kappa shape index (κ2) is 5.34. The Morgan fingerprint density at radius 3 is 2.59 bits per heavy atom. The van der Waals surface area contributed by atoms with Gasteiger partial charge in [0, 0.05) is 15.5 Å². The first-order valence-electron chi connectivity index (χ1n) is 5.26. The quantitative estimate of drug-likeness (QED) is 0.896. The highest BCUT2D eigenvalue weighted by atomic mass is 35.5. The van der Waals surface area contributed by atoms with E-state index in [0.717, 1.165) is 4.88 Å². The number of thiophene rings is 1. The Hall–Kier alpha value is -1.32. The van der Waals surface area contributed by atoms with E-state index < -0.39 is 0 Å². The fourth-order valence-corrected chi connectivity index (χ4v) is 2.35. The predicted molar refractivity (Wildman–Crippen MR) is 71.7 cm³/mol. The van der Waals surface area contributed by atoms with Crippen molar-refractivity contribution in [1.29, 1.82) is 0 Å². The predicted octanol–water partition coefficient (Wildman–Crippen LogP) is 3.89. The molecule has 0 fully saturated rings. The molecule has 0 aliphatic rings. The molecule has 2 aromatic rings. The van der Waals surface area contributed by atoms with Crippen molar-refractivity contribution in [2.24, 2.45) is 0 Å². The van der Waals surface area contributed by atoms with Crippen LogP contribution in [0.2, 0.25) is 5.02 Å². The third-order valence-electron chi connectivity index (χ3n) is 2.42. The first-order chi connectivity index (χ1) is 8.16. The summed E-state index contributed by atoms with van der Waals surface area (Å²) in [5.74, 6) is -0.0810. The Kier molecular flexibility index (Phi) is 3.82. The van der Waals surface area contributed by atoms with Gasteiger partial charge in [-0.05, 0) is 42.6 Å². The van der Waals surface area contributed by atoms with Crippen molar-refractivity contribution >= 4 is 28.8 Å². The fraction of sp³-hybridized carbons (Fsp3) is 0.154. The van der Waals surface area contributed by atoms with Crippen LogP contribution in [0.15, 0.2) is 41.8 Å². The van der Waals surface area contributed by atoms with Crippen molar-refractivity contribution in [1.82, 2.24) is 5.32 Å². The summed E-state index contributed by atoms with van der Waals surface area (Å²) in [4.78, 5) is 13.1. The number of hydrogen-bond donors (Lipinski definition) is 1. The molecule has 1 aromatic heterocycles. The number of halogens is 1. The van der Waals surface area contributed by atoms with Crippen molar-refractivity contribution in [2.45, 2.75) is 13.0 Å². The SMILES string of the molecule is C[C@H](NC(=O)c1ccc(Cl)cc1)c1cccs1. The molecular formula is C13H12ClNOS. The van der Waals surface area contributed by atoms with Gasteiger partial charge in [0.25, 0.3) is 5.91 Å². The van der Waals surface area contributed by atoms with Crippen molar-refractivity contribution in [3.8, 4) is 0 Å². The smallest absolute Gasteiger partial charge is 0.251 e. The average Bonchev–Trinajstić information content (AvgIpc) is 2.83. The number of benzene rings is 1. The zero-order valence-electron chi connectivity index (χ0n) is 9.31. The summed E-state index contributed by atoms with van der Waals surface area (Å²) in [6, 6.07) is 10.9. The van der Waals surface area contributed by atoms with E-state index in [4.69, 9.17) is 11.6 Å². The minimum Gasteiger partial charge on any atom is -0.345 e. The lowest BCUT2D eigenvalue weighted by Gasteiger charge is -2.12. The van der Waals surface area contributed by atoms with Crippen LogP contribution in [0.4, 0.5) is 0 Å². The van der Waals surface area contributed by atoms with E-state index in [1.54, 1.807) is 35.6 Å². The maximum atomic E-state index is 11.9. The lowest BCUT2D eigenvalue weighted by molar-refractivity contribution is 0.0940. The first kappa shape index (κ1) is 12.1. The normalized spacial score (nSPS) is 12.1. The standard InChI is InChI=1S/C13H12ClNOS/c1-9(12-3-2-8-17-12)15-13(16)10-4-6-11(14)7-5-10/h2-9H,1H3,(H,15,16)/t9-/m0/s1. The molecule has 1 aromatic carbocycles. The van der Waals surface area contributed by atoms with Gasteiger partial charge in [-0.1, -0.05) is 17.7 Å². The number of carbonyl (C=O) groups excluding carboxylic acids is 1. The molecular weight excluding hydrogens is 254 g/mol. The van der Waals surface area contributed by atoms with E-state index in [2.05, 4.69) is 5.32 Å². The second-order valence-corrected chi connectivity index (χ2v) is 5.13. The lowest BCUT2D eigenvalue weighted by Crippen LogP contribution is -2.25. The van der Waals surface area contributed by atoms with Crippen LogP contribution >= 0.6 is 22.9 Å². The minimum atomic E-state index is -0.0810. The number of carbonyl (C=O) groups is 1. The van der Waals surface area contributed by atoms with Gasteiger partial charge in [0.15, 0.2) is 0 Å². The summed E-state index contributed by atoms with van der Waals surface area (Å²) in [6.07, 6.45) is 0. The topological polar surface area (TPSA) is 29.1 Å². The zero-order chi connectivity index (χ0) is 12.3. The second-order valence-electron chi connectivity index (χ2n) is 3.72. The minimum absolute atomic E-state index is 0.0261. The van der Waals surface area contributed by atoms with E-state index in [9.17, 15) is 4.79 Å². The Bertz CT molecular complexity index is 493. The highest BCUT2D eigenvalue weighted by Gasteiger charge is 2.11. The van der Waals surface area contributed by atoms with E-state index in [1.807, 2.05) is 24.4 Å². The zero-order valence-corrected chi connectivity index (χ0v) is 10.9. The molecule has 1 N–H and O–H groups in total. The Labute approximate surface area is 109 Å². The van der Waals surface area contributed by atoms with Gasteiger partial charge in [-0.15, -0.1) is 11.3 Å². The molecule has 0 radical (unpaired) electrons. The summed E-state index contributed by atoms with van der Waals surface area (Å²) in [5.41, 5.74) is 0.623. The summed E-state index contributed by atoms with van der Waals surface area (Å²) >= 11 is 7.41. The molecule has 17 heavy (non-hydrogen) atoms.